The maximum atomic E-state index is 12.0. The van der Waals surface area contributed by atoms with Gasteiger partial charge in [0.05, 0.1) is 17.0 Å². The highest BCUT2D eigenvalue weighted by Gasteiger charge is 2.12. The summed E-state index contributed by atoms with van der Waals surface area (Å²) in [6.07, 6.45) is 0. The second-order valence-corrected chi connectivity index (χ2v) is 5.19. The number of nitrogens with one attached hydrogen (secondary N) is 1. The average molecular weight is 314 g/mol. The Kier molecular flexibility index (Phi) is 5.30. The Morgan fingerprint density at radius 1 is 1.26 bits per heavy atom. The highest BCUT2D eigenvalue weighted by Crippen LogP contribution is 2.19. The molecule has 0 spiro atoms. The average Bonchev–Trinajstić information content (AvgIpc) is 2.53. The molecule has 1 amide bonds. The van der Waals surface area contributed by atoms with E-state index in [1.54, 1.807) is 6.07 Å². The molecule has 120 valence electrons. The number of rotatable bonds is 6. The fourth-order valence-corrected chi connectivity index (χ4v) is 2.27. The molecular weight excluding hydrogens is 296 g/mol. The number of ether oxygens (including phenoxy) is 1. The monoisotopic (exact) mass is 314 g/mol. The highest BCUT2D eigenvalue weighted by atomic mass is 16.6. The number of aryl methyl sites for hydroxylation is 1. The maximum Gasteiger partial charge on any atom is 0.273 e. The molecule has 0 bridgehead atoms. The van der Waals surface area contributed by atoms with Crippen molar-refractivity contribution < 1.29 is 14.5 Å². The minimum absolute atomic E-state index is 0.0730. The Bertz CT molecular complexity index is 715. The lowest BCUT2D eigenvalue weighted by Crippen LogP contribution is -2.31. The van der Waals surface area contributed by atoms with E-state index >= 15 is 0 Å². The summed E-state index contributed by atoms with van der Waals surface area (Å²) in [5, 5.41) is 13.5. The normalized spacial score (nSPS) is 11.6. The molecule has 2 aromatic rings. The summed E-state index contributed by atoms with van der Waals surface area (Å²) >= 11 is 0. The molecule has 2 aromatic carbocycles. The Morgan fingerprint density at radius 3 is 2.70 bits per heavy atom. The molecule has 0 radical (unpaired) electrons. The van der Waals surface area contributed by atoms with Crippen LogP contribution in [-0.2, 0) is 4.79 Å². The van der Waals surface area contributed by atoms with E-state index in [1.807, 2.05) is 38.1 Å². The fourth-order valence-electron chi connectivity index (χ4n) is 2.27. The lowest BCUT2D eigenvalue weighted by molar-refractivity contribution is -0.384. The van der Waals surface area contributed by atoms with Crippen molar-refractivity contribution in [2.75, 3.05) is 6.61 Å². The predicted octanol–water partition coefficient (Wildman–Crippen LogP) is 3.16. The van der Waals surface area contributed by atoms with Gasteiger partial charge in [-0.3, -0.25) is 14.9 Å². The molecular formula is C17H18N2O4. The Balaban J connectivity index is 1.91. The molecule has 0 aliphatic carbocycles. The Morgan fingerprint density at radius 2 is 2.00 bits per heavy atom. The number of nitro groups is 1. The predicted molar refractivity (Wildman–Crippen MR) is 86.3 cm³/mol. The van der Waals surface area contributed by atoms with Crippen LogP contribution in [0.25, 0.3) is 0 Å². The zero-order chi connectivity index (χ0) is 16.8. The summed E-state index contributed by atoms with van der Waals surface area (Å²) in [7, 11) is 0. The van der Waals surface area contributed by atoms with Gasteiger partial charge in [0, 0.05) is 6.07 Å². The fraction of sp³-hybridized carbons (Fsp3) is 0.235. The molecule has 2 rings (SSSR count). The molecule has 0 aromatic heterocycles. The molecule has 6 nitrogen and oxygen atoms in total. The molecule has 0 fully saturated rings. The van der Waals surface area contributed by atoms with Gasteiger partial charge in [0.25, 0.3) is 11.6 Å². The SMILES string of the molecule is Cc1ccccc1C(C)NC(=O)COc1cccc([N+](=O)[O-])c1. The van der Waals surface area contributed by atoms with Crippen LogP contribution < -0.4 is 10.1 Å². The quantitative estimate of drug-likeness (QED) is 0.656. The van der Waals surface area contributed by atoms with Crippen LogP contribution in [0, 0.1) is 17.0 Å². The number of carbonyl (C=O) groups excluding carboxylic acids is 1. The van der Waals surface area contributed by atoms with Crippen LogP contribution in [0.2, 0.25) is 0 Å². The Hall–Kier alpha value is -2.89. The molecule has 0 saturated heterocycles. The van der Waals surface area contributed by atoms with Gasteiger partial charge in [-0.05, 0) is 31.0 Å². The topological polar surface area (TPSA) is 81.5 Å². The molecule has 0 aliphatic rings. The van der Waals surface area contributed by atoms with Gasteiger partial charge in [-0.2, -0.15) is 0 Å². The van der Waals surface area contributed by atoms with E-state index in [9.17, 15) is 14.9 Å². The number of non-ortho nitro benzene ring substituents is 1. The van der Waals surface area contributed by atoms with E-state index < -0.39 is 4.92 Å². The van der Waals surface area contributed by atoms with Gasteiger partial charge in [-0.25, -0.2) is 0 Å². The number of nitro benzene ring substituents is 1. The van der Waals surface area contributed by atoms with Crippen molar-refractivity contribution >= 4 is 11.6 Å². The van der Waals surface area contributed by atoms with Crippen LogP contribution >= 0.6 is 0 Å². The minimum Gasteiger partial charge on any atom is -0.484 e. The summed E-state index contributed by atoms with van der Waals surface area (Å²) in [4.78, 5) is 22.1. The molecule has 0 aliphatic heterocycles. The van der Waals surface area contributed by atoms with Gasteiger partial charge in [-0.15, -0.1) is 0 Å². The van der Waals surface area contributed by atoms with Gasteiger partial charge >= 0.3 is 0 Å². The lowest BCUT2D eigenvalue weighted by atomic mass is 10.0. The van der Waals surface area contributed by atoms with Crippen LogP contribution in [-0.4, -0.2) is 17.4 Å². The van der Waals surface area contributed by atoms with E-state index in [4.69, 9.17) is 4.74 Å². The third-order valence-corrected chi connectivity index (χ3v) is 3.43. The number of benzene rings is 2. The van der Waals surface area contributed by atoms with Crippen LogP contribution in [0.1, 0.15) is 24.1 Å². The van der Waals surface area contributed by atoms with Crippen molar-refractivity contribution in [1.29, 1.82) is 0 Å². The highest BCUT2D eigenvalue weighted by molar-refractivity contribution is 5.78. The van der Waals surface area contributed by atoms with E-state index in [2.05, 4.69) is 5.32 Å². The zero-order valence-electron chi connectivity index (χ0n) is 13.0. The van der Waals surface area contributed by atoms with Crippen molar-refractivity contribution in [2.45, 2.75) is 19.9 Å². The van der Waals surface area contributed by atoms with E-state index in [-0.39, 0.29) is 30.0 Å². The number of nitrogens with zero attached hydrogens (tertiary/aromatic N) is 1. The third kappa shape index (κ3) is 4.54. The summed E-state index contributed by atoms with van der Waals surface area (Å²) in [6.45, 7) is 3.68. The molecule has 0 saturated carbocycles. The van der Waals surface area contributed by atoms with Gasteiger partial charge in [0.15, 0.2) is 6.61 Å². The van der Waals surface area contributed by atoms with Crippen molar-refractivity contribution in [3.63, 3.8) is 0 Å². The van der Waals surface area contributed by atoms with Crippen molar-refractivity contribution in [3.05, 3.63) is 69.8 Å². The molecule has 1 unspecified atom stereocenters. The molecule has 0 heterocycles. The Labute approximate surface area is 134 Å². The van der Waals surface area contributed by atoms with E-state index in [0.29, 0.717) is 0 Å². The minimum atomic E-state index is -0.507. The first-order chi connectivity index (χ1) is 11.0. The molecule has 1 atom stereocenters. The first-order valence-corrected chi connectivity index (χ1v) is 7.19. The largest absolute Gasteiger partial charge is 0.484 e. The smallest absolute Gasteiger partial charge is 0.273 e. The number of amides is 1. The molecule has 23 heavy (non-hydrogen) atoms. The second-order valence-electron chi connectivity index (χ2n) is 5.19. The standard InChI is InChI=1S/C17H18N2O4/c1-12-6-3-4-9-16(12)13(2)18-17(20)11-23-15-8-5-7-14(10-15)19(21)22/h3-10,13H,11H2,1-2H3,(H,18,20). The third-order valence-electron chi connectivity index (χ3n) is 3.43. The van der Waals surface area contributed by atoms with Crippen molar-refractivity contribution in [1.82, 2.24) is 5.32 Å². The van der Waals surface area contributed by atoms with Crippen LogP contribution in [0.15, 0.2) is 48.5 Å². The van der Waals surface area contributed by atoms with E-state index in [1.165, 1.54) is 18.2 Å². The van der Waals surface area contributed by atoms with Gasteiger partial charge < -0.3 is 10.1 Å². The van der Waals surface area contributed by atoms with E-state index in [0.717, 1.165) is 11.1 Å². The first kappa shape index (κ1) is 16.5. The lowest BCUT2D eigenvalue weighted by Gasteiger charge is -2.16. The van der Waals surface area contributed by atoms with Gasteiger partial charge in [0.2, 0.25) is 0 Å². The van der Waals surface area contributed by atoms with Crippen LogP contribution in [0.5, 0.6) is 5.75 Å². The van der Waals surface area contributed by atoms with Gasteiger partial charge in [0.1, 0.15) is 5.75 Å². The van der Waals surface area contributed by atoms with Gasteiger partial charge in [-0.1, -0.05) is 30.3 Å². The molecule has 6 heteroatoms. The van der Waals surface area contributed by atoms with Crippen molar-refractivity contribution in [2.24, 2.45) is 0 Å². The second kappa shape index (κ2) is 7.40. The summed E-state index contributed by atoms with van der Waals surface area (Å²) in [5.74, 6) is 0.00477. The summed E-state index contributed by atoms with van der Waals surface area (Å²) in [5.41, 5.74) is 2.06. The van der Waals surface area contributed by atoms with Crippen LogP contribution in [0.4, 0.5) is 5.69 Å². The molecule has 1 N–H and O–H groups in total. The summed E-state index contributed by atoms with van der Waals surface area (Å²) < 4.78 is 5.31. The maximum absolute atomic E-state index is 12.0. The van der Waals surface area contributed by atoms with Crippen molar-refractivity contribution in [3.8, 4) is 5.75 Å². The van der Waals surface area contributed by atoms with Crippen LogP contribution in [0.3, 0.4) is 0 Å². The summed E-state index contributed by atoms with van der Waals surface area (Å²) in [6, 6.07) is 13.4. The number of hydrogen-bond donors (Lipinski definition) is 1. The first-order valence-electron chi connectivity index (χ1n) is 7.19. The zero-order valence-corrected chi connectivity index (χ0v) is 13.0. The number of hydrogen-bond acceptors (Lipinski definition) is 4. The number of carbonyl (C=O) groups is 1.